The summed E-state index contributed by atoms with van der Waals surface area (Å²) in [6, 6.07) is 7.84. The predicted molar refractivity (Wildman–Crippen MR) is 89.1 cm³/mol. The SMILES string of the molecule is COc1cccc(C(C)NC(=O)C2C3CCC(C3)C2N)c1.Cl. The number of rotatable bonds is 4. The molecule has 4 nitrogen and oxygen atoms in total. The molecular formula is C17H25ClN2O2. The predicted octanol–water partition coefficient (Wildman–Crippen LogP) is 2.67. The fourth-order valence-electron chi connectivity index (χ4n) is 4.03. The molecule has 0 aromatic heterocycles. The quantitative estimate of drug-likeness (QED) is 0.895. The summed E-state index contributed by atoms with van der Waals surface area (Å²) in [6.45, 7) is 2.01. The minimum atomic E-state index is -0.0288. The fourth-order valence-corrected chi connectivity index (χ4v) is 4.03. The van der Waals surface area contributed by atoms with Gasteiger partial charge in [-0.05, 0) is 55.7 Å². The highest BCUT2D eigenvalue weighted by molar-refractivity contribution is 5.85. The molecule has 22 heavy (non-hydrogen) atoms. The largest absolute Gasteiger partial charge is 0.497 e. The van der Waals surface area contributed by atoms with E-state index in [1.807, 2.05) is 31.2 Å². The Balaban J connectivity index is 0.00000176. The highest BCUT2D eigenvalue weighted by atomic mass is 35.5. The van der Waals surface area contributed by atoms with E-state index in [1.54, 1.807) is 7.11 Å². The number of amides is 1. The highest BCUT2D eigenvalue weighted by Crippen LogP contribution is 2.47. The lowest BCUT2D eigenvalue weighted by Crippen LogP contribution is -2.45. The number of nitrogens with two attached hydrogens (primary N) is 1. The summed E-state index contributed by atoms with van der Waals surface area (Å²) in [6.07, 6.45) is 3.48. The number of fused-ring (bicyclic) bond motifs is 2. The van der Waals surface area contributed by atoms with Gasteiger partial charge in [0.1, 0.15) is 5.75 Å². The molecule has 5 unspecified atom stereocenters. The van der Waals surface area contributed by atoms with Gasteiger partial charge in [-0.1, -0.05) is 12.1 Å². The topological polar surface area (TPSA) is 64.3 Å². The van der Waals surface area contributed by atoms with Gasteiger partial charge in [-0.15, -0.1) is 12.4 Å². The zero-order valence-electron chi connectivity index (χ0n) is 13.1. The molecule has 1 aromatic carbocycles. The molecular weight excluding hydrogens is 300 g/mol. The van der Waals surface area contributed by atoms with Crippen molar-refractivity contribution in [1.29, 1.82) is 0 Å². The van der Waals surface area contributed by atoms with E-state index in [9.17, 15) is 4.79 Å². The second-order valence-electron chi connectivity index (χ2n) is 6.44. The molecule has 2 aliphatic carbocycles. The number of nitrogens with one attached hydrogen (secondary N) is 1. The second-order valence-corrected chi connectivity index (χ2v) is 6.44. The lowest BCUT2D eigenvalue weighted by atomic mass is 9.84. The van der Waals surface area contributed by atoms with Crippen LogP contribution in [0.4, 0.5) is 0 Å². The maximum atomic E-state index is 12.6. The molecule has 0 saturated heterocycles. The van der Waals surface area contributed by atoms with Crippen molar-refractivity contribution in [3.05, 3.63) is 29.8 Å². The molecule has 5 heteroatoms. The first-order chi connectivity index (χ1) is 10.1. The highest BCUT2D eigenvalue weighted by Gasteiger charge is 2.49. The van der Waals surface area contributed by atoms with Crippen LogP contribution in [0.2, 0.25) is 0 Å². The van der Waals surface area contributed by atoms with Crippen LogP contribution in [0.25, 0.3) is 0 Å². The molecule has 2 bridgehead atoms. The van der Waals surface area contributed by atoms with E-state index in [0.717, 1.165) is 24.2 Å². The Kier molecular flexibility index (Phi) is 5.35. The van der Waals surface area contributed by atoms with Crippen LogP contribution < -0.4 is 15.8 Å². The van der Waals surface area contributed by atoms with Gasteiger partial charge in [0.2, 0.25) is 5.91 Å². The van der Waals surface area contributed by atoms with Crippen LogP contribution in [0, 0.1) is 17.8 Å². The van der Waals surface area contributed by atoms with Gasteiger partial charge < -0.3 is 15.8 Å². The summed E-state index contributed by atoms with van der Waals surface area (Å²) >= 11 is 0. The van der Waals surface area contributed by atoms with Crippen LogP contribution in [0.5, 0.6) is 5.75 Å². The molecule has 3 rings (SSSR count). The van der Waals surface area contributed by atoms with Gasteiger partial charge in [0.15, 0.2) is 0 Å². The Labute approximate surface area is 138 Å². The van der Waals surface area contributed by atoms with E-state index in [2.05, 4.69) is 5.32 Å². The third kappa shape index (κ3) is 3.08. The Hall–Kier alpha value is -1.26. The van der Waals surface area contributed by atoms with Crippen LogP contribution in [0.1, 0.15) is 37.8 Å². The van der Waals surface area contributed by atoms with E-state index in [1.165, 1.54) is 6.42 Å². The zero-order valence-corrected chi connectivity index (χ0v) is 13.9. The molecule has 2 saturated carbocycles. The van der Waals surface area contributed by atoms with Crippen molar-refractivity contribution in [2.75, 3.05) is 7.11 Å². The fraction of sp³-hybridized carbons (Fsp3) is 0.588. The van der Waals surface area contributed by atoms with Gasteiger partial charge in [0.25, 0.3) is 0 Å². The number of halogens is 1. The first-order valence-electron chi connectivity index (χ1n) is 7.80. The van der Waals surface area contributed by atoms with Gasteiger partial charge in [0, 0.05) is 6.04 Å². The van der Waals surface area contributed by atoms with Crippen molar-refractivity contribution in [3.8, 4) is 5.75 Å². The van der Waals surface area contributed by atoms with Crippen LogP contribution in [0.3, 0.4) is 0 Å². The number of carbonyl (C=O) groups is 1. The van der Waals surface area contributed by atoms with Crippen molar-refractivity contribution in [3.63, 3.8) is 0 Å². The molecule has 3 N–H and O–H groups in total. The van der Waals surface area contributed by atoms with E-state index in [0.29, 0.717) is 11.8 Å². The van der Waals surface area contributed by atoms with Gasteiger partial charge in [0.05, 0.1) is 19.1 Å². The Bertz CT molecular complexity index is 535. The number of benzene rings is 1. The summed E-state index contributed by atoms with van der Waals surface area (Å²) in [5.41, 5.74) is 7.30. The van der Waals surface area contributed by atoms with Crippen LogP contribution in [-0.4, -0.2) is 19.1 Å². The third-order valence-corrected chi connectivity index (χ3v) is 5.24. The monoisotopic (exact) mass is 324 g/mol. The summed E-state index contributed by atoms with van der Waals surface area (Å²) < 4.78 is 5.23. The van der Waals surface area contributed by atoms with Crippen LogP contribution in [-0.2, 0) is 4.79 Å². The number of hydrogen-bond acceptors (Lipinski definition) is 3. The van der Waals surface area contributed by atoms with Gasteiger partial charge in [-0.2, -0.15) is 0 Å². The van der Waals surface area contributed by atoms with Gasteiger partial charge >= 0.3 is 0 Å². The first kappa shape index (κ1) is 17.1. The summed E-state index contributed by atoms with van der Waals surface area (Å²) in [5, 5.41) is 3.13. The summed E-state index contributed by atoms with van der Waals surface area (Å²) in [5.74, 6) is 1.97. The average molecular weight is 325 g/mol. The van der Waals surface area contributed by atoms with Crippen molar-refractivity contribution >= 4 is 18.3 Å². The molecule has 122 valence electrons. The van der Waals surface area contributed by atoms with Crippen molar-refractivity contribution in [2.45, 2.75) is 38.3 Å². The molecule has 2 fully saturated rings. The molecule has 2 aliphatic rings. The van der Waals surface area contributed by atoms with E-state index in [-0.39, 0.29) is 36.3 Å². The van der Waals surface area contributed by atoms with E-state index in [4.69, 9.17) is 10.5 Å². The molecule has 1 amide bonds. The van der Waals surface area contributed by atoms with Crippen molar-refractivity contribution < 1.29 is 9.53 Å². The maximum absolute atomic E-state index is 12.6. The van der Waals surface area contributed by atoms with Gasteiger partial charge in [-0.3, -0.25) is 4.79 Å². The molecule has 0 spiro atoms. The van der Waals surface area contributed by atoms with Crippen LogP contribution in [0.15, 0.2) is 24.3 Å². The third-order valence-electron chi connectivity index (χ3n) is 5.24. The Morgan fingerprint density at radius 2 is 2.09 bits per heavy atom. The first-order valence-corrected chi connectivity index (χ1v) is 7.80. The number of ether oxygens (including phenoxy) is 1. The Morgan fingerprint density at radius 3 is 2.73 bits per heavy atom. The lowest BCUT2D eigenvalue weighted by Gasteiger charge is -2.28. The summed E-state index contributed by atoms with van der Waals surface area (Å²) in [4.78, 5) is 12.6. The number of carbonyl (C=O) groups excluding carboxylic acids is 1. The normalized spacial score (nSPS) is 30.5. The average Bonchev–Trinajstić information content (AvgIpc) is 3.08. The molecule has 0 aliphatic heterocycles. The standard InChI is InChI=1S/C17H24N2O2.ClH/c1-10(11-4-3-5-14(9-11)21-2)19-17(20)15-12-6-7-13(8-12)16(15)18;/h3-5,9-10,12-13,15-16H,6-8,18H2,1-2H3,(H,19,20);1H. The second kappa shape index (κ2) is 6.88. The molecule has 0 radical (unpaired) electrons. The maximum Gasteiger partial charge on any atom is 0.225 e. The van der Waals surface area contributed by atoms with E-state index < -0.39 is 0 Å². The molecule has 5 atom stereocenters. The van der Waals surface area contributed by atoms with Crippen LogP contribution >= 0.6 is 12.4 Å². The summed E-state index contributed by atoms with van der Waals surface area (Å²) in [7, 11) is 1.65. The minimum Gasteiger partial charge on any atom is -0.497 e. The molecule has 0 heterocycles. The Morgan fingerprint density at radius 1 is 1.36 bits per heavy atom. The van der Waals surface area contributed by atoms with Gasteiger partial charge in [-0.25, -0.2) is 0 Å². The molecule has 1 aromatic rings. The number of methoxy groups -OCH3 is 1. The minimum absolute atomic E-state index is 0. The smallest absolute Gasteiger partial charge is 0.225 e. The van der Waals surface area contributed by atoms with E-state index >= 15 is 0 Å². The zero-order chi connectivity index (χ0) is 15.0. The number of hydrogen-bond donors (Lipinski definition) is 2. The van der Waals surface area contributed by atoms with Crippen molar-refractivity contribution in [2.24, 2.45) is 23.5 Å². The van der Waals surface area contributed by atoms with Crippen molar-refractivity contribution in [1.82, 2.24) is 5.32 Å². The lowest BCUT2D eigenvalue weighted by molar-refractivity contribution is -0.127.